The van der Waals surface area contributed by atoms with Gasteiger partial charge in [-0.25, -0.2) is 0 Å². The molecule has 1 aliphatic carbocycles. The van der Waals surface area contributed by atoms with Gasteiger partial charge >= 0.3 is 0 Å². The van der Waals surface area contributed by atoms with Crippen LogP contribution in [0.15, 0.2) is 66.7 Å². The number of rotatable bonds is 11. The van der Waals surface area contributed by atoms with Crippen molar-refractivity contribution in [3.8, 4) is 0 Å². The van der Waals surface area contributed by atoms with E-state index in [-0.39, 0.29) is 11.3 Å². The van der Waals surface area contributed by atoms with Gasteiger partial charge in [0.25, 0.3) is 0 Å². The number of amides is 1. The molecule has 0 saturated heterocycles. The zero-order chi connectivity index (χ0) is 23.5. The molecular weight excluding hydrogens is 404 g/mol. The van der Waals surface area contributed by atoms with Crippen LogP contribution in [0.4, 0.5) is 0 Å². The molecule has 1 aliphatic rings. The number of benzene rings is 2. The summed E-state index contributed by atoms with van der Waals surface area (Å²) in [7, 11) is 0. The van der Waals surface area contributed by atoms with E-state index in [2.05, 4.69) is 85.9 Å². The predicted octanol–water partition coefficient (Wildman–Crippen LogP) is 6.53. The second-order valence-corrected chi connectivity index (χ2v) is 9.71. The number of carbonyl (C=O) groups is 1. The highest BCUT2D eigenvalue weighted by molar-refractivity contribution is 5.85. The maximum Gasteiger partial charge on any atom is 0.226 e. The predicted molar refractivity (Wildman–Crippen MR) is 140 cm³/mol. The monoisotopic (exact) mass is 446 g/mol. The molecule has 0 unspecified atom stereocenters. The average Bonchev–Trinajstić information content (AvgIpc) is 2.88. The van der Waals surface area contributed by atoms with Crippen molar-refractivity contribution in [2.75, 3.05) is 6.54 Å². The van der Waals surface area contributed by atoms with Gasteiger partial charge in [0.1, 0.15) is 0 Å². The Hall–Kier alpha value is -2.39. The molecule has 33 heavy (non-hydrogen) atoms. The zero-order valence-corrected chi connectivity index (χ0v) is 20.6. The van der Waals surface area contributed by atoms with Gasteiger partial charge in [0.2, 0.25) is 5.91 Å². The first-order chi connectivity index (χ1) is 16.1. The van der Waals surface area contributed by atoms with E-state index in [1.165, 1.54) is 16.7 Å². The van der Waals surface area contributed by atoms with E-state index < -0.39 is 0 Å². The molecule has 0 aromatic heterocycles. The summed E-state index contributed by atoms with van der Waals surface area (Å²) >= 11 is 0. The van der Waals surface area contributed by atoms with Crippen molar-refractivity contribution < 1.29 is 4.79 Å². The third-order valence-corrected chi connectivity index (χ3v) is 7.69. The Bertz CT molecular complexity index is 863. The van der Waals surface area contributed by atoms with Gasteiger partial charge in [-0.3, -0.25) is 4.79 Å². The molecule has 2 aromatic carbocycles. The summed E-state index contributed by atoms with van der Waals surface area (Å²) in [5.41, 5.74) is 9.35. The molecule has 1 amide bonds. The van der Waals surface area contributed by atoms with Crippen LogP contribution in [0.5, 0.6) is 0 Å². The first-order valence-electron chi connectivity index (χ1n) is 12.9. The summed E-state index contributed by atoms with van der Waals surface area (Å²) in [5, 5.41) is 3.44. The van der Waals surface area contributed by atoms with Gasteiger partial charge in [-0.1, -0.05) is 80.6 Å². The van der Waals surface area contributed by atoms with E-state index in [9.17, 15) is 4.79 Å². The van der Waals surface area contributed by atoms with Crippen LogP contribution >= 0.6 is 0 Å². The van der Waals surface area contributed by atoms with Crippen molar-refractivity contribution >= 4 is 11.5 Å². The first kappa shape index (κ1) is 25.2. The molecule has 0 spiro atoms. The smallest absolute Gasteiger partial charge is 0.226 e. The molecule has 0 aliphatic heterocycles. The van der Waals surface area contributed by atoms with E-state index in [1.54, 1.807) is 0 Å². The standard InChI is InChI=1S/C30H42N2O/c1-3-30(4-2,29(33)32-28-20-18-25(23-31)19-21-28)22-27(26-15-9-6-10-16-26)17-11-14-24-12-7-5-8-13-24/h5-10,12-13,15-17,25,28H,3-4,11,14,18-23,31H2,1-2H3,(H,32,33)/b27-17-. The minimum absolute atomic E-state index is 0.230. The third-order valence-electron chi connectivity index (χ3n) is 7.69. The quantitative estimate of drug-likeness (QED) is 0.412. The van der Waals surface area contributed by atoms with Crippen LogP contribution in [0.1, 0.15) is 76.3 Å². The number of hydrogen-bond donors (Lipinski definition) is 2. The minimum Gasteiger partial charge on any atom is -0.353 e. The molecule has 3 N–H and O–H groups in total. The first-order valence-corrected chi connectivity index (χ1v) is 12.9. The number of nitrogens with two attached hydrogens (primary N) is 1. The summed E-state index contributed by atoms with van der Waals surface area (Å²) < 4.78 is 0. The van der Waals surface area contributed by atoms with Crippen LogP contribution in [0.3, 0.4) is 0 Å². The van der Waals surface area contributed by atoms with E-state index in [4.69, 9.17) is 5.73 Å². The Morgan fingerprint density at radius 3 is 2.15 bits per heavy atom. The van der Waals surface area contributed by atoms with E-state index in [1.807, 2.05) is 0 Å². The van der Waals surface area contributed by atoms with Gasteiger partial charge < -0.3 is 11.1 Å². The van der Waals surface area contributed by atoms with Crippen LogP contribution in [0, 0.1) is 11.3 Å². The third kappa shape index (κ3) is 7.04. The molecule has 0 atom stereocenters. The normalized spacial score (nSPS) is 19.3. The van der Waals surface area contributed by atoms with Gasteiger partial charge in [-0.05, 0) is 87.0 Å². The summed E-state index contributed by atoms with van der Waals surface area (Å²) in [6.07, 6.45) is 11.2. The van der Waals surface area contributed by atoms with Crippen LogP contribution in [-0.4, -0.2) is 18.5 Å². The SMILES string of the molecule is CCC(CC)(C/C(=C/CCc1ccccc1)c1ccccc1)C(=O)NC1CCC(CN)CC1. The molecule has 178 valence electrons. The van der Waals surface area contributed by atoms with Gasteiger partial charge in [0.05, 0.1) is 5.41 Å². The topological polar surface area (TPSA) is 55.1 Å². The van der Waals surface area contributed by atoms with Crippen molar-refractivity contribution in [2.24, 2.45) is 17.1 Å². The van der Waals surface area contributed by atoms with Crippen LogP contribution < -0.4 is 11.1 Å². The average molecular weight is 447 g/mol. The van der Waals surface area contributed by atoms with E-state index in [0.29, 0.717) is 12.0 Å². The number of hydrogen-bond acceptors (Lipinski definition) is 2. The number of allylic oxidation sites excluding steroid dienone is 2. The lowest BCUT2D eigenvalue weighted by atomic mass is 9.74. The Kier molecular flexibility index (Phi) is 9.75. The van der Waals surface area contributed by atoms with E-state index >= 15 is 0 Å². The van der Waals surface area contributed by atoms with E-state index in [0.717, 1.165) is 64.3 Å². The van der Waals surface area contributed by atoms with Gasteiger partial charge in [-0.2, -0.15) is 0 Å². The van der Waals surface area contributed by atoms with Crippen molar-refractivity contribution in [3.05, 3.63) is 77.9 Å². The Balaban J connectivity index is 1.75. The summed E-state index contributed by atoms with van der Waals surface area (Å²) in [5.74, 6) is 0.853. The lowest BCUT2D eigenvalue weighted by Crippen LogP contribution is -2.46. The summed E-state index contributed by atoms with van der Waals surface area (Å²) in [4.78, 5) is 13.6. The zero-order valence-electron chi connectivity index (χ0n) is 20.6. The van der Waals surface area contributed by atoms with Crippen molar-refractivity contribution in [2.45, 2.75) is 77.7 Å². The molecular formula is C30H42N2O. The van der Waals surface area contributed by atoms with Crippen molar-refractivity contribution in [1.29, 1.82) is 0 Å². The fraction of sp³-hybridized carbons (Fsp3) is 0.500. The molecule has 3 rings (SSSR count). The molecule has 1 saturated carbocycles. The Morgan fingerprint density at radius 1 is 0.970 bits per heavy atom. The minimum atomic E-state index is -0.376. The molecule has 1 fully saturated rings. The number of nitrogens with one attached hydrogen (secondary N) is 1. The van der Waals surface area contributed by atoms with Crippen molar-refractivity contribution in [1.82, 2.24) is 5.32 Å². The fourth-order valence-corrected chi connectivity index (χ4v) is 5.15. The molecule has 2 aromatic rings. The number of carbonyl (C=O) groups excluding carboxylic acids is 1. The highest BCUT2D eigenvalue weighted by Gasteiger charge is 2.37. The van der Waals surface area contributed by atoms with Crippen molar-refractivity contribution in [3.63, 3.8) is 0 Å². The summed E-state index contributed by atoms with van der Waals surface area (Å²) in [6.45, 7) is 5.10. The molecule has 0 heterocycles. The fourth-order valence-electron chi connectivity index (χ4n) is 5.15. The Labute approximate surface area is 200 Å². The molecule has 3 nitrogen and oxygen atoms in total. The largest absolute Gasteiger partial charge is 0.353 e. The highest BCUT2D eigenvalue weighted by Crippen LogP contribution is 2.38. The number of aryl methyl sites for hydroxylation is 1. The Morgan fingerprint density at radius 2 is 1.58 bits per heavy atom. The van der Waals surface area contributed by atoms with Gasteiger partial charge in [0, 0.05) is 6.04 Å². The van der Waals surface area contributed by atoms with Gasteiger partial charge in [0.15, 0.2) is 0 Å². The maximum atomic E-state index is 13.6. The van der Waals surface area contributed by atoms with Gasteiger partial charge in [-0.15, -0.1) is 0 Å². The van der Waals surface area contributed by atoms with Crippen LogP contribution in [0.25, 0.3) is 5.57 Å². The lowest BCUT2D eigenvalue weighted by Gasteiger charge is -2.35. The highest BCUT2D eigenvalue weighted by atomic mass is 16.2. The second-order valence-electron chi connectivity index (χ2n) is 9.71. The second kappa shape index (κ2) is 12.7. The molecule has 3 heteroatoms. The molecule has 0 bridgehead atoms. The van der Waals surface area contributed by atoms with Crippen LogP contribution in [0.2, 0.25) is 0 Å². The maximum absolute atomic E-state index is 13.6. The lowest BCUT2D eigenvalue weighted by molar-refractivity contribution is -0.132. The summed E-state index contributed by atoms with van der Waals surface area (Å²) in [6, 6.07) is 21.5. The van der Waals surface area contributed by atoms with Crippen LogP contribution in [-0.2, 0) is 11.2 Å². The molecule has 0 radical (unpaired) electrons.